The van der Waals surface area contributed by atoms with Gasteiger partial charge in [0.05, 0.1) is 6.42 Å². The largest absolute Gasteiger partial charge is 0.481 e. The summed E-state index contributed by atoms with van der Waals surface area (Å²) >= 11 is 0. The number of amides is 2. The number of carbonyl (C=O) groups is 3. The summed E-state index contributed by atoms with van der Waals surface area (Å²) < 4.78 is 5.58. The van der Waals surface area contributed by atoms with Gasteiger partial charge in [0.2, 0.25) is 5.91 Å². The summed E-state index contributed by atoms with van der Waals surface area (Å²) in [5.74, 6) is -1.21. The molecule has 0 bridgehead atoms. The highest BCUT2D eigenvalue weighted by molar-refractivity contribution is 5.86. The van der Waals surface area contributed by atoms with E-state index in [0.29, 0.717) is 6.42 Å². The second-order valence-electron chi connectivity index (χ2n) is 9.54. The number of hydrogen-bond acceptors (Lipinski definition) is 4. The minimum Gasteiger partial charge on any atom is -0.481 e. The molecular weight excluding hydrogens is 444 g/mol. The zero-order valence-corrected chi connectivity index (χ0v) is 20.2. The lowest BCUT2D eigenvalue weighted by molar-refractivity contribution is -0.138. The zero-order valence-electron chi connectivity index (χ0n) is 20.2. The number of nitrogens with one attached hydrogen (secondary N) is 2. The van der Waals surface area contributed by atoms with Crippen LogP contribution < -0.4 is 10.6 Å². The maximum atomic E-state index is 13.0. The van der Waals surface area contributed by atoms with Crippen molar-refractivity contribution in [3.05, 3.63) is 59.7 Å². The predicted octanol–water partition coefficient (Wildman–Crippen LogP) is 4.84. The Bertz CT molecular complexity index is 1020. The molecule has 7 nitrogen and oxygen atoms in total. The molecule has 0 heterocycles. The van der Waals surface area contributed by atoms with E-state index < -0.39 is 24.1 Å². The Kier molecular flexibility index (Phi) is 8.06. The fraction of sp³-hybridized carbons (Fsp3) is 0.464. The number of carboxylic acids is 1. The SMILES string of the molecule is CCC(NC(=O)OCC1c2ccccc2-c2ccccc21)C(=O)NC(CC(=O)O)C1CCCCC1. The van der Waals surface area contributed by atoms with Crippen LogP contribution in [0.3, 0.4) is 0 Å². The Morgan fingerprint density at radius 2 is 1.54 bits per heavy atom. The average Bonchev–Trinajstić information content (AvgIpc) is 3.19. The van der Waals surface area contributed by atoms with Gasteiger partial charge >= 0.3 is 12.1 Å². The molecule has 2 aliphatic carbocycles. The minimum atomic E-state index is -0.932. The maximum Gasteiger partial charge on any atom is 0.407 e. The highest BCUT2D eigenvalue weighted by Crippen LogP contribution is 2.44. The number of fused-ring (bicyclic) bond motifs is 3. The summed E-state index contributed by atoms with van der Waals surface area (Å²) in [6.07, 6.45) is 4.67. The molecule has 35 heavy (non-hydrogen) atoms. The van der Waals surface area contributed by atoms with E-state index in [1.165, 1.54) is 0 Å². The molecule has 0 aromatic heterocycles. The first-order valence-corrected chi connectivity index (χ1v) is 12.6. The van der Waals surface area contributed by atoms with Crippen molar-refractivity contribution in [2.24, 2.45) is 5.92 Å². The molecule has 4 rings (SSSR count). The predicted molar refractivity (Wildman–Crippen MR) is 133 cm³/mol. The second kappa shape index (κ2) is 11.4. The van der Waals surface area contributed by atoms with E-state index in [0.717, 1.165) is 54.4 Å². The number of hydrogen-bond donors (Lipinski definition) is 3. The van der Waals surface area contributed by atoms with Gasteiger partial charge in [-0.1, -0.05) is 74.7 Å². The molecule has 0 saturated heterocycles. The molecule has 2 unspecified atom stereocenters. The smallest absolute Gasteiger partial charge is 0.407 e. The van der Waals surface area contributed by atoms with E-state index in [2.05, 4.69) is 34.9 Å². The first-order valence-electron chi connectivity index (χ1n) is 12.6. The van der Waals surface area contributed by atoms with Crippen LogP contribution in [0.25, 0.3) is 11.1 Å². The van der Waals surface area contributed by atoms with Crippen LogP contribution in [0.4, 0.5) is 4.79 Å². The summed E-state index contributed by atoms with van der Waals surface area (Å²) in [5, 5.41) is 14.9. The average molecular weight is 479 g/mol. The third kappa shape index (κ3) is 5.84. The van der Waals surface area contributed by atoms with Gasteiger partial charge in [-0.3, -0.25) is 9.59 Å². The van der Waals surface area contributed by atoms with Gasteiger partial charge in [-0.05, 0) is 47.4 Å². The molecule has 2 amide bonds. The lowest BCUT2D eigenvalue weighted by Gasteiger charge is -2.31. The first-order chi connectivity index (χ1) is 17.0. The molecular formula is C28H34N2O5. The highest BCUT2D eigenvalue weighted by Gasteiger charge is 2.31. The van der Waals surface area contributed by atoms with Crippen LogP contribution in [0.15, 0.2) is 48.5 Å². The fourth-order valence-corrected chi connectivity index (χ4v) is 5.48. The van der Waals surface area contributed by atoms with E-state index in [9.17, 15) is 19.5 Å². The molecule has 1 fully saturated rings. The molecule has 186 valence electrons. The van der Waals surface area contributed by atoms with E-state index in [1.807, 2.05) is 24.3 Å². The number of carbonyl (C=O) groups excluding carboxylic acids is 2. The molecule has 0 aliphatic heterocycles. The van der Waals surface area contributed by atoms with Gasteiger partial charge in [0, 0.05) is 12.0 Å². The minimum absolute atomic E-state index is 0.0618. The molecule has 7 heteroatoms. The molecule has 2 aromatic rings. The van der Waals surface area contributed by atoms with Crippen LogP contribution >= 0.6 is 0 Å². The van der Waals surface area contributed by atoms with Gasteiger partial charge in [-0.25, -0.2) is 4.79 Å². The van der Waals surface area contributed by atoms with E-state index >= 15 is 0 Å². The molecule has 2 aliphatic rings. The van der Waals surface area contributed by atoms with Crippen molar-refractivity contribution in [1.29, 1.82) is 0 Å². The Balaban J connectivity index is 1.36. The summed E-state index contributed by atoms with van der Waals surface area (Å²) in [6.45, 7) is 1.97. The van der Waals surface area contributed by atoms with Crippen LogP contribution in [0.2, 0.25) is 0 Å². The number of ether oxygens (including phenoxy) is 1. The normalized spacial score (nSPS) is 17.1. The van der Waals surface area contributed by atoms with Crippen molar-refractivity contribution in [2.75, 3.05) is 6.61 Å². The van der Waals surface area contributed by atoms with Crippen molar-refractivity contribution < 1.29 is 24.2 Å². The summed E-state index contributed by atoms with van der Waals surface area (Å²) in [7, 11) is 0. The van der Waals surface area contributed by atoms with Gasteiger partial charge in [-0.2, -0.15) is 0 Å². The van der Waals surface area contributed by atoms with Gasteiger partial charge in [0.25, 0.3) is 0 Å². The Morgan fingerprint density at radius 3 is 2.11 bits per heavy atom. The third-order valence-electron chi connectivity index (χ3n) is 7.30. The lowest BCUT2D eigenvalue weighted by Crippen LogP contribution is -2.52. The lowest BCUT2D eigenvalue weighted by atomic mass is 9.82. The molecule has 3 N–H and O–H groups in total. The topological polar surface area (TPSA) is 105 Å². The van der Waals surface area contributed by atoms with Crippen molar-refractivity contribution in [3.8, 4) is 11.1 Å². The van der Waals surface area contributed by atoms with Gasteiger partial charge in [-0.15, -0.1) is 0 Å². The van der Waals surface area contributed by atoms with Gasteiger partial charge in [0.15, 0.2) is 0 Å². The Hall–Kier alpha value is -3.35. The molecule has 2 atom stereocenters. The van der Waals surface area contributed by atoms with Crippen molar-refractivity contribution in [2.45, 2.75) is 69.9 Å². The van der Waals surface area contributed by atoms with Gasteiger partial charge < -0.3 is 20.5 Å². The van der Waals surface area contributed by atoms with Crippen molar-refractivity contribution >= 4 is 18.0 Å². The Morgan fingerprint density at radius 1 is 0.943 bits per heavy atom. The van der Waals surface area contributed by atoms with E-state index in [1.54, 1.807) is 6.92 Å². The second-order valence-corrected chi connectivity index (χ2v) is 9.54. The van der Waals surface area contributed by atoms with E-state index in [4.69, 9.17) is 4.74 Å². The monoisotopic (exact) mass is 478 g/mol. The molecule has 1 saturated carbocycles. The zero-order chi connectivity index (χ0) is 24.8. The number of carboxylic acid groups (broad SMARTS) is 1. The van der Waals surface area contributed by atoms with Crippen LogP contribution in [0.1, 0.15) is 68.9 Å². The maximum absolute atomic E-state index is 13.0. The van der Waals surface area contributed by atoms with Crippen LogP contribution in [-0.4, -0.2) is 41.8 Å². The number of aliphatic carboxylic acids is 1. The standard InChI is InChI=1S/C28H34N2O5/c1-2-24(27(33)29-25(16-26(31)32)18-10-4-3-5-11-18)30-28(34)35-17-23-21-14-8-6-12-19(21)20-13-7-9-15-22(20)23/h6-9,12-15,18,23-25H,2-5,10-11,16-17H2,1H3,(H,29,33)(H,30,34)(H,31,32). The van der Waals surface area contributed by atoms with Crippen LogP contribution in [0.5, 0.6) is 0 Å². The van der Waals surface area contributed by atoms with Crippen LogP contribution in [0, 0.1) is 5.92 Å². The fourth-order valence-electron chi connectivity index (χ4n) is 5.48. The molecule has 0 spiro atoms. The number of benzene rings is 2. The van der Waals surface area contributed by atoms with Crippen molar-refractivity contribution in [3.63, 3.8) is 0 Å². The van der Waals surface area contributed by atoms with Gasteiger partial charge in [0.1, 0.15) is 12.6 Å². The Labute approximate surface area is 206 Å². The quantitative estimate of drug-likeness (QED) is 0.478. The summed E-state index contributed by atoms with van der Waals surface area (Å²) in [5.41, 5.74) is 4.54. The summed E-state index contributed by atoms with van der Waals surface area (Å²) in [4.78, 5) is 37.0. The highest BCUT2D eigenvalue weighted by atomic mass is 16.5. The first kappa shape index (κ1) is 24.8. The van der Waals surface area contributed by atoms with Crippen molar-refractivity contribution in [1.82, 2.24) is 10.6 Å². The third-order valence-corrected chi connectivity index (χ3v) is 7.30. The molecule has 0 radical (unpaired) electrons. The van der Waals surface area contributed by atoms with E-state index in [-0.39, 0.29) is 30.8 Å². The number of rotatable bonds is 9. The number of alkyl carbamates (subject to hydrolysis) is 1. The summed E-state index contributed by atoms with van der Waals surface area (Å²) in [6, 6.07) is 15.0. The molecule has 2 aromatic carbocycles. The van der Waals surface area contributed by atoms with Crippen LogP contribution in [-0.2, 0) is 14.3 Å².